The van der Waals surface area contributed by atoms with Crippen LogP contribution in [0.25, 0.3) is 9.15 Å². The first-order valence-corrected chi connectivity index (χ1v) is 14.9. The quantitative estimate of drug-likeness (QED) is 0.231. The number of fused-ring (bicyclic) bond motifs is 1. The summed E-state index contributed by atoms with van der Waals surface area (Å²) in [6.45, 7) is 12.8. The topological polar surface area (TPSA) is 0 Å². The molecular formula is C21H21I3. The Bertz CT molecular complexity index is 846. The van der Waals surface area contributed by atoms with Gasteiger partial charge in [-0.25, -0.2) is 0 Å². The molecule has 0 fully saturated rings. The summed E-state index contributed by atoms with van der Waals surface area (Å²) in [7, 11) is 0. The maximum atomic E-state index is 4.22. The van der Waals surface area contributed by atoms with Gasteiger partial charge in [-0.15, -0.1) is 0 Å². The summed E-state index contributed by atoms with van der Waals surface area (Å²) >= 11 is 1.02. The molecule has 2 aromatic rings. The zero-order chi connectivity index (χ0) is 17.3. The molecule has 3 rings (SSSR count). The molecule has 0 aliphatic carbocycles. The van der Waals surface area contributed by atoms with Crippen molar-refractivity contribution in [3.8, 4) is 0 Å². The number of alkyl halides is 1. The summed E-state index contributed by atoms with van der Waals surface area (Å²) in [5.41, 5.74) is 5.35. The standard InChI is InChI=1S/C21H21I3/c1-5-12-24-20-11-10-16(15(4)22)13-19(20)23-21(24)18-9-7-6-8-17(18)14(2)3/h6-11,13H,2,4-5,12H2,1,3H3. The van der Waals surface area contributed by atoms with E-state index in [9.17, 15) is 0 Å². The van der Waals surface area contributed by atoms with Crippen LogP contribution in [0.2, 0.25) is 0 Å². The fourth-order valence-electron chi connectivity index (χ4n) is 2.71. The van der Waals surface area contributed by atoms with Crippen LogP contribution in [0, 0.1) is 7.14 Å². The second-order valence-electron chi connectivity index (χ2n) is 5.77. The van der Waals surface area contributed by atoms with E-state index >= 15 is 0 Å². The van der Waals surface area contributed by atoms with E-state index in [1.165, 1.54) is 33.1 Å². The second-order valence-corrected chi connectivity index (χ2v) is 17.3. The minimum atomic E-state index is -1.26. The maximum absolute atomic E-state index is 4.22. The number of hydrogen-bond donors (Lipinski definition) is 0. The van der Waals surface area contributed by atoms with E-state index in [4.69, 9.17) is 0 Å². The van der Waals surface area contributed by atoms with E-state index in [1.807, 2.05) is 1.52 Å². The van der Waals surface area contributed by atoms with E-state index in [0.717, 1.165) is 3.58 Å². The van der Waals surface area contributed by atoms with Gasteiger partial charge in [0.15, 0.2) is 0 Å². The summed E-state index contributed by atoms with van der Waals surface area (Å²) < 4.78 is 7.72. The zero-order valence-electron chi connectivity index (χ0n) is 14.0. The van der Waals surface area contributed by atoms with Crippen molar-refractivity contribution < 1.29 is 0 Å². The van der Waals surface area contributed by atoms with Crippen molar-refractivity contribution in [3.05, 3.63) is 79.5 Å². The summed E-state index contributed by atoms with van der Waals surface area (Å²) in [5, 5.41) is 0. The van der Waals surface area contributed by atoms with Gasteiger partial charge in [-0.2, -0.15) is 0 Å². The molecule has 1 aliphatic heterocycles. The average Bonchev–Trinajstić information content (AvgIpc) is 2.93. The molecule has 0 saturated carbocycles. The number of halogens is 3. The molecule has 0 unspecified atom stereocenters. The van der Waals surface area contributed by atoms with Crippen LogP contribution in [0.5, 0.6) is 0 Å². The predicted octanol–water partition coefficient (Wildman–Crippen LogP) is 7.54. The Kier molecular flexibility index (Phi) is 6.35. The van der Waals surface area contributed by atoms with E-state index in [0.29, 0.717) is 0 Å². The number of rotatable bonds is 5. The van der Waals surface area contributed by atoms with Crippen molar-refractivity contribution in [2.45, 2.75) is 20.3 Å². The van der Waals surface area contributed by atoms with Gasteiger partial charge >= 0.3 is 178 Å². The van der Waals surface area contributed by atoms with Crippen LogP contribution >= 0.6 is 63.1 Å². The Balaban J connectivity index is 2.15. The predicted molar refractivity (Wildman–Crippen MR) is 135 cm³/mol. The molecular weight excluding hydrogens is 633 g/mol. The van der Waals surface area contributed by atoms with Crippen molar-refractivity contribution >= 4 is 73.8 Å². The van der Waals surface area contributed by atoms with Crippen LogP contribution in [-0.2, 0) is 0 Å². The fourth-order valence-corrected chi connectivity index (χ4v) is 19.0. The van der Waals surface area contributed by atoms with Crippen LogP contribution in [0.1, 0.15) is 37.0 Å². The molecule has 0 N–H and O–H groups in total. The Morgan fingerprint density at radius 3 is 2.58 bits per heavy atom. The molecule has 3 heteroatoms. The minimum absolute atomic E-state index is 0.0587. The summed E-state index contributed by atoms with van der Waals surface area (Å²) in [4.78, 5) is 0. The Morgan fingerprint density at radius 1 is 1.17 bits per heavy atom. The van der Waals surface area contributed by atoms with Gasteiger partial charge in [0.05, 0.1) is 0 Å². The van der Waals surface area contributed by atoms with Crippen molar-refractivity contribution in [2.75, 3.05) is 4.43 Å². The van der Waals surface area contributed by atoms with Gasteiger partial charge in [-0.1, -0.05) is 0 Å². The average molecular weight is 654 g/mol. The van der Waals surface area contributed by atoms with E-state index in [1.54, 1.807) is 7.14 Å². The van der Waals surface area contributed by atoms with Gasteiger partial charge in [0, 0.05) is 0 Å². The first-order chi connectivity index (χ1) is 11.5. The third-order valence-corrected chi connectivity index (χ3v) is 18.9. The third kappa shape index (κ3) is 3.72. The molecule has 0 radical (unpaired) electrons. The molecule has 0 spiro atoms. The zero-order valence-corrected chi connectivity index (χ0v) is 20.5. The van der Waals surface area contributed by atoms with Crippen molar-refractivity contribution in [1.82, 2.24) is 0 Å². The normalized spacial score (nSPS) is 14.6. The van der Waals surface area contributed by atoms with Crippen LogP contribution in [0.3, 0.4) is 0 Å². The van der Waals surface area contributed by atoms with Crippen LogP contribution in [0.15, 0.2) is 55.6 Å². The monoisotopic (exact) mass is 654 g/mol. The molecule has 0 aromatic heterocycles. The van der Waals surface area contributed by atoms with E-state index < -0.39 is 19.8 Å². The second kappa shape index (κ2) is 8.12. The van der Waals surface area contributed by atoms with Crippen molar-refractivity contribution in [1.29, 1.82) is 0 Å². The van der Waals surface area contributed by atoms with Gasteiger partial charge in [-0.3, -0.25) is 0 Å². The molecule has 1 aliphatic rings. The molecule has 2 aromatic carbocycles. The molecule has 0 atom stereocenters. The third-order valence-electron chi connectivity index (χ3n) is 3.83. The SMILES string of the molecule is C=C(I)c1ccc2c(c1)I=C(c1ccccc1C(=C)C)I2CCC. The van der Waals surface area contributed by atoms with Gasteiger partial charge in [0.25, 0.3) is 0 Å². The number of hydrogen-bond acceptors (Lipinski definition) is 0. The molecule has 0 bridgehead atoms. The molecule has 126 valence electrons. The van der Waals surface area contributed by atoms with Crippen molar-refractivity contribution in [3.63, 3.8) is 0 Å². The van der Waals surface area contributed by atoms with Gasteiger partial charge < -0.3 is 0 Å². The van der Waals surface area contributed by atoms with Crippen molar-refractivity contribution in [2.24, 2.45) is 0 Å². The fraction of sp³-hybridized carbons (Fsp3) is 0.190. The number of allylic oxidation sites excluding steroid dienone is 1. The Labute approximate surface area is 176 Å². The van der Waals surface area contributed by atoms with Gasteiger partial charge in [-0.05, 0) is 0 Å². The Morgan fingerprint density at radius 2 is 1.92 bits per heavy atom. The summed E-state index contributed by atoms with van der Waals surface area (Å²) in [5.74, 6) is 0. The van der Waals surface area contributed by atoms with Crippen LogP contribution in [-0.4, -0.2) is 5.94 Å². The van der Waals surface area contributed by atoms with E-state index in [2.05, 4.69) is 92.1 Å². The molecule has 1 heterocycles. The van der Waals surface area contributed by atoms with Crippen LogP contribution in [0.4, 0.5) is 0 Å². The summed E-state index contributed by atoms with van der Waals surface area (Å²) in [6, 6.07) is 16.0. The molecule has 0 saturated heterocycles. The van der Waals surface area contributed by atoms with Gasteiger partial charge in [0.2, 0.25) is 0 Å². The first kappa shape index (κ1) is 18.8. The molecule has 24 heavy (non-hydrogen) atoms. The van der Waals surface area contributed by atoms with Crippen LogP contribution < -0.4 is 0 Å². The first-order valence-electron chi connectivity index (χ1n) is 7.94. The molecule has 0 amide bonds. The summed E-state index contributed by atoms with van der Waals surface area (Å²) in [6.07, 6.45) is 1.29. The number of benzene rings is 2. The molecule has 0 nitrogen and oxygen atoms in total. The van der Waals surface area contributed by atoms with E-state index in [-0.39, 0.29) is 20.7 Å². The van der Waals surface area contributed by atoms with Gasteiger partial charge in [0.1, 0.15) is 0 Å². The Hall–Kier alpha value is -0.0200.